The Kier molecular flexibility index (Phi) is 8.79. The number of aromatic nitrogens is 8. The van der Waals surface area contributed by atoms with Crippen molar-refractivity contribution < 1.29 is 40.1 Å². The van der Waals surface area contributed by atoms with Gasteiger partial charge in [-0.25, -0.2) is 29.9 Å². The van der Waals surface area contributed by atoms with E-state index >= 15 is 0 Å². The van der Waals surface area contributed by atoms with Gasteiger partial charge in [0.05, 0.1) is 13.2 Å². The Labute approximate surface area is 254 Å². The third-order valence-electron chi connectivity index (χ3n) is 7.97. The molecule has 0 saturated carbocycles. The van der Waals surface area contributed by atoms with E-state index in [0.29, 0.717) is 60.2 Å². The van der Waals surface area contributed by atoms with Crippen molar-refractivity contribution in [3.8, 4) is 0 Å². The fourth-order valence-corrected chi connectivity index (χ4v) is 5.60. The second-order valence-electron chi connectivity index (χ2n) is 10.8. The van der Waals surface area contributed by atoms with E-state index in [0.717, 1.165) is 6.42 Å². The Morgan fingerprint density at radius 3 is 1.44 bits per heavy atom. The minimum atomic E-state index is -1.35. The summed E-state index contributed by atoms with van der Waals surface area (Å²) in [6.45, 7) is -0.0191. The van der Waals surface area contributed by atoms with Crippen LogP contribution in [0.2, 0.25) is 0 Å². The summed E-state index contributed by atoms with van der Waals surface area (Å²) >= 11 is 0. The van der Waals surface area contributed by atoms with Gasteiger partial charge >= 0.3 is 0 Å². The number of unbranched alkanes of at least 4 members (excludes halogenated alkanes) is 2. The van der Waals surface area contributed by atoms with Crippen LogP contribution in [0.25, 0.3) is 22.3 Å². The zero-order valence-corrected chi connectivity index (χ0v) is 24.0. The lowest BCUT2D eigenvalue weighted by molar-refractivity contribution is -0.0501. The van der Waals surface area contributed by atoms with Crippen molar-refractivity contribution in [3.63, 3.8) is 0 Å². The molecule has 12 N–H and O–H groups in total. The van der Waals surface area contributed by atoms with Gasteiger partial charge in [0.1, 0.15) is 49.3 Å². The van der Waals surface area contributed by atoms with E-state index in [1.807, 2.05) is 0 Å². The number of ether oxygens (including phenoxy) is 2. The molecule has 2 aliphatic rings. The largest absolute Gasteiger partial charge is 0.394 e. The van der Waals surface area contributed by atoms with Crippen LogP contribution in [0, 0.1) is 0 Å². The number of hydrogen-bond acceptors (Lipinski definition) is 18. The van der Waals surface area contributed by atoms with Crippen molar-refractivity contribution >= 4 is 45.9 Å². The van der Waals surface area contributed by atoms with Crippen LogP contribution in [-0.4, -0.2) is 133 Å². The van der Waals surface area contributed by atoms with Gasteiger partial charge in [0, 0.05) is 13.1 Å². The highest BCUT2D eigenvalue weighted by molar-refractivity contribution is 5.84. The topological polar surface area (TPSA) is 303 Å². The molecule has 0 unspecified atom stereocenters. The van der Waals surface area contributed by atoms with Gasteiger partial charge < -0.3 is 62.2 Å². The molecular formula is C25H36N12O8. The number of aliphatic hydroxyl groups is 6. The maximum Gasteiger partial charge on any atom is 0.207 e. The molecule has 4 aromatic heterocycles. The number of nitrogens with zero attached hydrogens (tertiary/aromatic N) is 8. The van der Waals surface area contributed by atoms with E-state index < -0.39 is 62.3 Å². The summed E-state index contributed by atoms with van der Waals surface area (Å²) in [5, 5.41) is 67.4. The van der Waals surface area contributed by atoms with E-state index in [4.69, 9.17) is 20.9 Å². The molecule has 0 amide bonds. The molecule has 244 valence electrons. The van der Waals surface area contributed by atoms with Gasteiger partial charge in [-0.1, -0.05) is 0 Å². The summed E-state index contributed by atoms with van der Waals surface area (Å²) < 4.78 is 14.4. The maximum atomic E-state index is 10.6. The summed E-state index contributed by atoms with van der Waals surface area (Å²) in [6.07, 6.45) is -4.74. The number of nitrogen functional groups attached to an aromatic ring is 2. The monoisotopic (exact) mass is 632 g/mol. The molecular weight excluding hydrogens is 596 g/mol. The van der Waals surface area contributed by atoms with Gasteiger partial charge in [0.2, 0.25) is 11.9 Å². The lowest BCUT2D eigenvalue weighted by atomic mass is 10.1. The van der Waals surface area contributed by atoms with Crippen LogP contribution in [0.5, 0.6) is 0 Å². The molecule has 20 heteroatoms. The van der Waals surface area contributed by atoms with E-state index in [1.165, 1.54) is 21.8 Å². The third kappa shape index (κ3) is 5.55. The van der Waals surface area contributed by atoms with Crippen molar-refractivity contribution in [3.05, 3.63) is 12.7 Å². The Morgan fingerprint density at radius 1 is 0.644 bits per heavy atom. The van der Waals surface area contributed by atoms with Crippen LogP contribution in [0.1, 0.15) is 31.7 Å². The van der Waals surface area contributed by atoms with Crippen LogP contribution in [0.15, 0.2) is 12.7 Å². The van der Waals surface area contributed by atoms with Crippen molar-refractivity contribution in [2.75, 3.05) is 48.4 Å². The van der Waals surface area contributed by atoms with Crippen LogP contribution in [0.4, 0.5) is 23.5 Å². The summed E-state index contributed by atoms with van der Waals surface area (Å²) in [6, 6.07) is 0. The van der Waals surface area contributed by atoms with E-state index in [-0.39, 0.29) is 11.6 Å². The average Bonchev–Trinajstić information content (AvgIpc) is 3.75. The Bertz CT molecular complexity index is 1520. The number of aliphatic hydroxyl groups excluding tert-OH is 6. The normalized spacial score (nSPS) is 28.4. The van der Waals surface area contributed by atoms with Gasteiger partial charge in [-0.15, -0.1) is 0 Å². The van der Waals surface area contributed by atoms with E-state index in [2.05, 4.69) is 40.5 Å². The Morgan fingerprint density at radius 2 is 1.07 bits per heavy atom. The smallest absolute Gasteiger partial charge is 0.207 e. The van der Waals surface area contributed by atoms with Crippen LogP contribution in [-0.2, 0) is 9.47 Å². The van der Waals surface area contributed by atoms with Gasteiger partial charge in [-0.3, -0.25) is 9.13 Å². The van der Waals surface area contributed by atoms with Crippen molar-refractivity contribution in [2.24, 2.45) is 0 Å². The van der Waals surface area contributed by atoms with Crippen molar-refractivity contribution in [2.45, 2.75) is 68.3 Å². The fourth-order valence-electron chi connectivity index (χ4n) is 5.60. The molecule has 0 aromatic carbocycles. The highest BCUT2D eigenvalue weighted by atomic mass is 16.6. The number of fused-ring (bicyclic) bond motifs is 2. The van der Waals surface area contributed by atoms with Crippen molar-refractivity contribution in [1.29, 1.82) is 0 Å². The summed E-state index contributed by atoms with van der Waals surface area (Å²) in [4.78, 5) is 25.4. The molecule has 20 nitrogen and oxygen atoms in total. The summed E-state index contributed by atoms with van der Waals surface area (Å²) in [7, 11) is 0. The predicted molar refractivity (Wildman–Crippen MR) is 156 cm³/mol. The molecule has 2 saturated heterocycles. The molecule has 0 radical (unpaired) electrons. The second-order valence-corrected chi connectivity index (χ2v) is 10.8. The quantitative estimate of drug-likeness (QED) is 0.0698. The molecule has 2 fully saturated rings. The number of nitrogens with two attached hydrogens (primary N) is 2. The van der Waals surface area contributed by atoms with Crippen molar-refractivity contribution in [1.82, 2.24) is 39.0 Å². The Balaban J connectivity index is 1.09. The molecule has 8 atom stereocenters. The first kappa shape index (κ1) is 31.0. The van der Waals surface area contributed by atoms with E-state index in [9.17, 15) is 30.6 Å². The SMILES string of the molecule is Nc1ncnc2c1nc(NCCCCCNc1nc3c(N)ncnc3n1[C@H]1O[C@@H](CO)[C@@H](O)[C@H]1O)n2[C@@H]1O[C@@H](CO)[C@@H](O)[C@@H]1O. The summed E-state index contributed by atoms with van der Waals surface area (Å²) in [5.74, 6) is 0.873. The number of nitrogens with one attached hydrogen (secondary N) is 2. The molecule has 0 spiro atoms. The molecule has 2 aliphatic heterocycles. The van der Waals surface area contributed by atoms with Gasteiger partial charge in [-0.05, 0) is 19.3 Å². The molecule has 0 bridgehead atoms. The molecule has 0 aliphatic carbocycles. The number of imidazole rings is 2. The fraction of sp³-hybridized carbons (Fsp3) is 0.600. The second kappa shape index (κ2) is 12.8. The minimum absolute atomic E-state index is 0.135. The predicted octanol–water partition coefficient (Wildman–Crippen LogP) is -2.95. The Hall–Kier alpha value is -4.02. The van der Waals surface area contributed by atoms with Gasteiger partial charge in [0.25, 0.3) is 0 Å². The minimum Gasteiger partial charge on any atom is -0.394 e. The average molecular weight is 633 g/mol. The lowest BCUT2D eigenvalue weighted by Crippen LogP contribution is -2.33. The molecule has 45 heavy (non-hydrogen) atoms. The highest BCUT2D eigenvalue weighted by Gasteiger charge is 2.46. The zero-order chi connectivity index (χ0) is 31.8. The van der Waals surface area contributed by atoms with Crippen LogP contribution < -0.4 is 22.1 Å². The number of rotatable bonds is 12. The standard InChI is InChI=1S/C25H36N12O8/c26-18-12-20(32-8-30-18)36(22-16(42)14(40)10(6-38)44-22)24(34-12)28-4-2-1-3-5-29-25-35-13-19(27)31-9-33-21(13)37(25)23-17(43)15(41)11(7-39)45-23/h8-11,14-17,22-23,38-43H,1-7H2,(H,28,34)(H,29,35)(H2,26,30,32)(H2,27,31,33)/t10-,11-,14+,15+,16-,17+,22+,23-/m0/s1. The molecule has 4 aromatic rings. The first-order valence-electron chi connectivity index (χ1n) is 14.4. The summed E-state index contributed by atoms with van der Waals surface area (Å²) in [5.41, 5.74) is 13.2. The van der Waals surface area contributed by atoms with Crippen LogP contribution >= 0.6 is 0 Å². The molecule has 6 rings (SSSR count). The lowest BCUT2D eigenvalue weighted by Gasteiger charge is -2.20. The van der Waals surface area contributed by atoms with E-state index in [1.54, 1.807) is 0 Å². The van der Waals surface area contributed by atoms with Gasteiger partial charge in [-0.2, -0.15) is 0 Å². The number of hydrogen-bond donors (Lipinski definition) is 10. The zero-order valence-electron chi connectivity index (χ0n) is 24.0. The van der Waals surface area contributed by atoms with Gasteiger partial charge in [0.15, 0.2) is 46.4 Å². The number of anilines is 4. The third-order valence-corrected chi connectivity index (χ3v) is 7.97. The first-order chi connectivity index (χ1) is 21.7. The first-order valence-corrected chi connectivity index (χ1v) is 14.4. The maximum absolute atomic E-state index is 10.6. The highest BCUT2D eigenvalue weighted by Crippen LogP contribution is 2.36. The molecule has 6 heterocycles. The van der Waals surface area contributed by atoms with Crippen LogP contribution in [0.3, 0.4) is 0 Å².